The van der Waals surface area contributed by atoms with Crippen molar-refractivity contribution in [1.29, 1.82) is 0 Å². The highest BCUT2D eigenvalue weighted by atomic mass is 32.2. The van der Waals surface area contributed by atoms with Gasteiger partial charge in [0.05, 0.1) is 11.3 Å². The summed E-state index contributed by atoms with van der Waals surface area (Å²) in [5.41, 5.74) is 7.10. The predicted octanol–water partition coefficient (Wildman–Crippen LogP) is 2.17. The van der Waals surface area contributed by atoms with Crippen LogP contribution in [0.15, 0.2) is 36.5 Å². The summed E-state index contributed by atoms with van der Waals surface area (Å²) in [6.07, 6.45) is 4.42. The van der Waals surface area contributed by atoms with Crippen LogP contribution in [0, 0.1) is 0 Å². The Kier molecular flexibility index (Phi) is 5.88. The molecular formula is C16H23N3O2S. The molecule has 0 spiro atoms. The molecule has 0 radical (unpaired) electrons. The smallest absolute Gasteiger partial charge is 0.216 e. The normalized spacial score (nSPS) is 13.4. The van der Waals surface area contributed by atoms with Crippen molar-refractivity contribution < 1.29 is 8.42 Å². The molecule has 0 saturated carbocycles. The Morgan fingerprint density at radius 2 is 2.05 bits per heavy atom. The van der Waals surface area contributed by atoms with Crippen molar-refractivity contribution in [3.8, 4) is 0 Å². The molecule has 5 nitrogen and oxygen atoms in total. The summed E-state index contributed by atoms with van der Waals surface area (Å²) in [6.45, 7) is 2.39. The molecule has 3 N–H and O–H groups in total. The number of nitrogens with zero attached hydrogens (tertiary/aromatic N) is 1. The van der Waals surface area contributed by atoms with Crippen LogP contribution in [0.5, 0.6) is 0 Å². The molecule has 0 bridgehead atoms. The number of sulfonamides is 1. The fourth-order valence-electron chi connectivity index (χ4n) is 2.46. The van der Waals surface area contributed by atoms with Crippen LogP contribution in [0.4, 0.5) is 0 Å². The van der Waals surface area contributed by atoms with Gasteiger partial charge in [-0.05, 0) is 18.1 Å². The van der Waals surface area contributed by atoms with Gasteiger partial charge in [-0.3, -0.25) is 4.98 Å². The Balaban J connectivity index is 2.16. The zero-order chi connectivity index (χ0) is 16.0. The molecular weight excluding hydrogens is 298 g/mol. The number of fused-ring (bicyclic) bond motifs is 1. The van der Waals surface area contributed by atoms with E-state index in [1.165, 1.54) is 0 Å². The monoisotopic (exact) mass is 321 g/mol. The lowest BCUT2D eigenvalue weighted by Gasteiger charge is -2.17. The van der Waals surface area contributed by atoms with Crippen molar-refractivity contribution in [2.75, 3.05) is 6.54 Å². The van der Waals surface area contributed by atoms with Crippen molar-refractivity contribution in [3.63, 3.8) is 0 Å². The fraction of sp³-hybridized carbons (Fsp3) is 0.438. The minimum Gasteiger partial charge on any atom is -0.329 e. The first-order valence-electron chi connectivity index (χ1n) is 7.58. The highest BCUT2D eigenvalue weighted by Gasteiger charge is 2.18. The Morgan fingerprint density at radius 3 is 2.77 bits per heavy atom. The average molecular weight is 321 g/mol. The van der Waals surface area contributed by atoms with E-state index in [0.29, 0.717) is 12.1 Å². The number of rotatable bonds is 8. The van der Waals surface area contributed by atoms with Gasteiger partial charge in [-0.1, -0.05) is 44.0 Å². The maximum Gasteiger partial charge on any atom is 0.216 e. The van der Waals surface area contributed by atoms with Gasteiger partial charge in [0, 0.05) is 24.2 Å². The molecule has 0 saturated heterocycles. The quantitative estimate of drug-likeness (QED) is 0.780. The number of para-hydroxylation sites is 1. The van der Waals surface area contributed by atoms with Gasteiger partial charge in [0.2, 0.25) is 10.0 Å². The van der Waals surface area contributed by atoms with Crippen LogP contribution in [0.3, 0.4) is 0 Å². The van der Waals surface area contributed by atoms with E-state index in [-0.39, 0.29) is 11.8 Å². The van der Waals surface area contributed by atoms with Gasteiger partial charge in [0.25, 0.3) is 0 Å². The molecule has 1 aromatic carbocycles. The van der Waals surface area contributed by atoms with Crippen LogP contribution in [0.1, 0.15) is 31.7 Å². The van der Waals surface area contributed by atoms with E-state index in [9.17, 15) is 8.42 Å². The summed E-state index contributed by atoms with van der Waals surface area (Å²) >= 11 is 0. The van der Waals surface area contributed by atoms with Gasteiger partial charge in [-0.15, -0.1) is 0 Å². The minimum absolute atomic E-state index is 0.0794. The van der Waals surface area contributed by atoms with Gasteiger partial charge in [0.1, 0.15) is 0 Å². The number of nitrogens with one attached hydrogen (secondary N) is 1. The number of pyridine rings is 1. The largest absolute Gasteiger partial charge is 0.329 e. The highest BCUT2D eigenvalue weighted by Crippen LogP contribution is 2.18. The van der Waals surface area contributed by atoms with Gasteiger partial charge in [-0.2, -0.15) is 0 Å². The predicted molar refractivity (Wildman–Crippen MR) is 89.9 cm³/mol. The zero-order valence-electron chi connectivity index (χ0n) is 12.8. The molecule has 1 atom stereocenters. The SMILES string of the molecule is CCCCC(CN)NS(=O)(=O)Cc1cccc2cccnc12. The molecule has 1 unspecified atom stereocenters. The summed E-state index contributed by atoms with van der Waals surface area (Å²) in [6, 6.07) is 9.15. The van der Waals surface area contributed by atoms with E-state index in [0.717, 1.165) is 30.2 Å². The van der Waals surface area contributed by atoms with Crippen molar-refractivity contribution in [3.05, 3.63) is 42.1 Å². The summed E-state index contributed by atoms with van der Waals surface area (Å²) in [5.74, 6) is -0.0794. The van der Waals surface area contributed by atoms with Gasteiger partial charge in [-0.25, -0.2) is 13.1 Å². The third-order valence-electron chi connectivity index (χ3n) is 3.60. The van der Waals surface area contributed by atoms with Crippen molar-refractivity contribution in [2.45, 2.75) is 38.0 Å². The van der Waals surface area contributed by atoms with Crippen LogP contribution >= 0.6 is 0 Å². The first-order chi connectivity index (χ1) is 10.6. The molecule has 1 aromatic heterocycles. The third-order valence-corrected chi connectivity index (χ3v) is 4.98. The van der Waals surface area contributed by atoms with E-state index in [1.54, 1.807) is 12.3 Å². The zero-order valence-corrected chi connectivity index (χ0v) is 13.6. The molecule has 0 aliphatic heterocycles. The van der Waals surface area contributed by atoms with Crippen LogP contribution < -0.4 is 10.5 Å². The van der Waals surface area contributed by atoms with Crippen LogP contribution in [0.2, 0.25) is 0 Å². The number of unbranched alkanes of at least 4 members (excludes halogenated alkanes) is 1. The standard InChI is InChI=1S/C16H23N3O2S/c1-2-3-9-15(11-17)19-22(20,21)12-14-7-4-6-13-8-5-10-18-16(13)14/h4-8,10,15,19H,2-3,9,11-12,17H2,1H3. The fourth-order valence-corrected chi connectivity index (χ4v) is 3.91. The Morgan fingerprint density at radius 1 is 1.27 bits per heavy atom. The van der Waals surface area contributed by atoms with E-state index < -0.39 is 10.0 Å². The highest BCUT2D eigenvalue weighted by molar-refractivity contribution is 7.88. The van der Waals surface area contributed by atoms with E-state index in [4.69, 9.17) is 5.73 Å². The van der Waals surface area contributed by atoms with E-state index in [1.807, 2.05) is 24.3 Å². The van der Waals surface area contributed by atoms with Gasteiger partial charge in [0.15, 0.2) is 0 Å². The van der Waals surface area contributed by atoms with Crippen molar-refractivity contribution in [1.82, 2.24) is 9.71 Å². The molecule has 6 heteroatoms. The van der Waals surface area contributed by atoms with Crippen LogP contribution in [0.25, 0.3) is 10.9 Å². The average Bonchev–Trinajstić information content (AvgIpc) is 2.51. The van der Waals surface area contributed by atoms with Gasteiger partial charge < -0.3 is 5.73 Å². The maximum atomic E-state index is 12.4. The summed E-state index contributed by atoms with van der Waals surface area (Å²) in [4.78, 5) is 4.30. The lowest BCUT2D eigenvalue weighted by molar-refractivity contribution is 0.516. The Bertz CT molecular complexity index is 711. The molecule has 0 aliphatic carbocycles. The molecule has 0 amide bonds. The third kappa shape index (κ3) is 4.50. The topological polar surface area (TPSA) is 85.1 Å². The molecule has 120 valence electrons. The summed E-state index contributed by atoms with van der Waals surface area (Å²) < 4.78 is 27.5. The second-order valence-electron chi connectivity index (χ2n) is 5.44. The molecule has 0 fully saturated rings. The molecule has 2 aromatic rings. The van der Waals surface area contributed by atoms with Crippen LogP contribution in [-0.2, 0) is 15.8 Å². The molecule has 22 heavy (non-hydrogen) atoms. The molecule has 1 heterocycles. The number of hydrogen-bond acceptors (Lipinski definition) is 4. The summed E-state index contributed by atoms with van der Waals surface area (Å²) in [5, 5.41) is 0.941. The minimum atomic E-state index is -3.44. The lowest BCUT2D eigenvalue weighted by Crippen LogP contribution is -2.40. The van der Waals surface area contributed by atoms with Crippen LogP contribution in [-0.4, -0.2) is 26.0 Å². The Hall–Kier alpha value is -1.50. The second-order valence-corrected chi connectivity index (χ2v) is 7.20. The Labute approximate surface area is 132 Å². The van der Waals surface area contributed by atoms with E-state index >= 15 is 0 Å². The molecule has 2 rings (SSSR count). The lowest BCUT2D eigenvalue weighted by atomic mass is 10.1. The molecule has 0 aliphatic rings. The number of hydrogen-bond donors (Lipinski definition) is 2. The van der Waals surface area contributed by atoms with E-state index in [2.05, 4.69) is 16.6 Å². The number of aromatic nitrogens is 1. The summed E-state index contributed by atoms with van der Waals surface area (Å²) in [7, 11) is -3.44. The first-order valence-corrected chi connectivity index (χ1v) is 9.23. The second kappa shape index (κ2) is 7.67. The van der Waals surface area contributed by atoms with Gasteiger partial charge >= 0.3 is 0 Å². The first kappa shape index (κ1) is 16.9. The van der Waals surface area contributed by atoms with Crippen molar-refractivity contribution >= 4 is 20.9 Å². The number of benzene rings is 1. The number of nitrogens with two attached hydrogens (primary N) is 1. The van der Waals surface area contributed by atoms with Crippen molar-refractivity contribution in [2.24, 2.45) is 5.73 Å². The maximum absolute atomic E-state index is 12.4.